The Morgan fingerprint density at radius 3 is 2.50 bits per heavy atom. The molecule has 0 aromatic heterocycles. The van der Waals surface area contributed by atoms with E-state index in [9.17, 15) is 19.2 Å². The number of hydrogen-bond acceptors (Lipinski definition) is 6. The third-order valence-corrected chi connectivity index (χ3v) is 3.03. The molecule has 1 aliphatic heterocycles. The average molecular weight is 334 g/mol. The van der Waals surface area contributed by atoms with Gasteiger partial charge in [-0.2, -0.15) is 0 Å². The number of carboxylic acid groups (broad SMARTS) is 1. The third-order valence-electron chi connectivity index (χ3n) is 3.03. The number of rotatable bonds is 6. The lowest BCUT2D eigenvalue weighted by atomic mass is 10.2. The van der Waals surface area contributed by atoms with E-state index in [-0.39, 0.29) is 12.3 Å². The number of aliphatic carboxylic acids is 1. The topological polar surface area (TPSA) is 122 Å². The molecular weight excluding hydrogens is 320 g/mol. The van der Waals surface area contributed by atoms with E-state index in [2.05, 4.69) is 10.1 Å². The highest BCUT2D eigenvalue weighted by atomic mass is 16.6. The van der Waals surface area contributed by atoms with Crippen LogP contribution in [0.2, 0.25) is 0 Å². The lowest BCUT2D eigenvalue weighted by molar-refractivity contribution is -0.143. The van der Waals surface area contributed by atoms with Crippen LogP contribution in [0.15, 0.2) is 30.0 Å². The summed E-state index contributed by atoms with van der Waals surface area (Å²) in [5.74, 6) is -2.09. The van der Waals surface area contributed by atoms with E-state index < -0.39 is 30.4 Å². The van der Waals surface area contributed by atoms with E-state index in [0.717, 1.165) is 0 Å². The number of carbonyl (C=O) groups is 4. The molecular formula is C15H14N2O7. The molecule has 0 radical (unpaired) electrons. The molecule has 0 saturated carbocycles. The van der Waals surface area contributed by atoms with Gasteiger partial charge in [0.1, 0.15) is 18.0 Å². The van der Waals surface area contributed by atoms with Gasteiger partial charge in [0, 0.05) is 0 Å². The van der Waals surface area contributed by atoms with Crippen molar-refractivity contribution in [3.8, 4) is 5.75 Å². The van der Waals surface area contributed by atoms with E-state index >= 15 is 0 Å². The van der Waals surface area contributed by atoms with Gasteiger partial charge < -0.3 is 19.9 Å². The van der Waals surface area contributed by atoms with Crippen molar-refractivity contribution >= 4 is 30.0 Å². The van der Waals surface area contributed by atoms with Crippen molar-refractivity contribution in [3.05, 3.63) is 35.5 Å². The molecule has 0 unspecified atom stereocenters. The summed E-state index contributed by atoms with van der Waals surface area (Å²) in [4.78, 5) is 45.8. The number of esters is 1. The van der Waals surface area contributed by atoms with Gasteiger partial charge in [0.25, 0.3) is 5.91 Å². The van der Waals surface area contributed by atoms with Crippen molar-refractivity contribution in [2.24, 2.45) is 0 Å². The SMILES string of the molecule is COC(=O)COc1ccc(/C=C2/NC(=O)N(CC(=O)O)C2=O)cc1. The average Bonchev–Trinajstić information content (AvgIpc) is 2.81. The first-order valence-corrected chi connectivity index (χ1v) is 6.76. The summed E-state index contributed by atoms with van der Waals surface area (Å²) < 4.78 is 9.62. The van der Waals surface area contributed by atoms with Gasteiger partial charge in [-0.05, 0) is 23.8 Å². The fraction of sp³-hybridized carbons (Fsp3) is 0.200. The maximum Gasteiger partial charge on any atom is 0.343 e. The van der Waals surface area contributed by atoms with E-state index in [4.69, 9.17) is 9.84 Å². The van der Waals surface area contributed by atoms with Crippen molar-refractivity contribution in [2.45, 2.75) is 0 Å². The number of hydrogen-bond donors (Lipinski definition) is 2. The van der Waals surface area contributed by atoms with Gasteiger partial charge in [-0.15, -0.1) is 0 Å². The van der Waals surface area contributed by atoms with E-state index in [1.54, 1.807) is 24.3 Å². The molecule has 1 aromatic rings. The van der Waals surface area contributed by atoms with Crippen molar-refractivity contribution in [1.29, 1.82) is 0 Å². The molecule has 1 aromatic carbocycles. The standard InChI is InChI=1S/C15H14N2O7/c1-23-13(20)8-24-10-4-2-9(3-5-10)6-11-14(21)17(7-12(18)19)15(22)16-11/h2-6H,7-8H2,1H3,(H,16,22)(H,18,19)/b11-6+. The molecule has 0 spiro atoms. The van der Waals surface area contributed by atoms with Crippen molar-refractivity contribution < 1.29 is 33.8 Å². The predicted octanol–water partition coefficient (Wildman–Crippen LogP) is 0.216. The number of imide groups is 1. The Balaban J connectivity index is 2.06. The van der Waals surface area contributed by atoms with Gasteiger partial charge >= 0.3 is 18.0 Å². The van der Waals surface area contributed by atoms with Gasteiger partial charge in [-0.25, -0.2) is 14.5 Å². The second kappa shape index (κ2) is 7.27. The predicted molar refractivity (Wildman–Crippen MR) is 79.8 cm³/mol. The van der Waals surface area contributed by atoms with Gasteiger partial charge in [0.2, 0.25) is 0 Å². The number of methoxy groups -OCH3 is 1. The molecule has 9 nitrogen and oxygen atoms in total. The van der Waals surface area contributed by atoms with Crippen LogP contribution in [0.1, 0.15) is 5.56 Å². The van der Waals surface area contributed by atoms with E-state index in [1.165, 1.54) is 13.2 Å². The number of amides is 3. The Labute approximate surface area is 136 Å². The molecule has 0 aliphatic carbocycles. The number of carboxylic acids is 1. The number of nitrogens with one attached hydrogen (secondary N) is 1. The molecule has 1 aliphatic rings. The molecule has 1 saturated heterocycles. The van der Waals surface area contributed by atoms with Crippen LogP contribution in [0.25, 0.3) is 6.08 Å². The van der Waals surface area contributed by atoms with Gasteiger partial charge in [-0.1, -0.05) is 12.1 Å². The molecule has 3 amide bonds. The quantitative estimate of drug-likeness (QED) is 0.433. The van der Waals surface area contributed by atoms with Gasteiger partial charge in [0.05, 0.1) is 7.11 Å². The highest BCUT2D eigenvalue weighted by molar-refractivity contribution is 6.15. The number of ether oxygens (including phenoxy) is 2. The molecule has 1 heterocycles. The molecule has 0 atom stereocenters. The van der Waals surface area contributed by atoms with Crippen LogP contribution < -0.4 is 10.1 Å². The maximum atomic E-state index is 12.0. The Bertz CT molecular complexity index is 709. The van der Waals surface area contributed by atoms with Gasteiger partial charge in [0.15, 0.2) is 6.61 Å². The maximum absolute atomic E-state index is 12.0. The second-order valence-corrected chi connectivity index (χ2v) is 4.71. The van der Waals surface area contributed by atoms with E-state index in [1.807, 2.05) is 0 Å². The minimum atomic E-state index is -1.29. The normalized spacial score (nSPS) is 15.4. The van der Waals surface area contributed by atoms with Crippen molar-refractivity contribution in [2.75, 3.05) is 20.3 Å². The van der Waals surface area contributed by atoms with Crippen LogP contribution >= 0.6 is 0 Å². The Hall–Kier alpha value is -3.36. The smallest absolute Gasteiger partial charge is 0.343 e. The number of nitrogens with zero attached hydrogens (tertiary/aromatic N) is 1. The second-order valence-electron chi connectivity index (χ2n) is 4.71. The van der Waals surface area contributed by atoms with E-state index in [0.29, 0.717) is 16.2 Å². The fourth-order valence-corrected chi connectivity index (χ4v) is 1.88. The summed E-state index contributed by atoms with van der Waals surface area (Å²) in [5.41, 5.74) is 0.561. The monoisotopic (exact) mass is 334 g/mol. The van der Waals surface area contributed by atoms with Crippen LogP contribution in [0.3, 0.4) is 0 Å². The summed E-state index contributed by atoms with van der Waals surface area (Å²) in [7, 11) is 1.25. The summed E-state index contributed by atoms with van der Waals surface area (Å²) in [6, 6.07) is 5.58. The number of carbonyl (C=O) groups excluding carboxylic acids is 3. The first-order valence-electron chi connectivity index (χ1n) is 6.76. The summed E-state index contributed by atoms with van der Waals surface area (Å²) in [6.07, 6.45) is 1.41. The zero-order valence-corrected chi connectivity index (χ0v) is 12.6. The lowest BCUT2D eigenvalue weighted by Crippen LogP contribution is -2.35. The summed E-state index contributed by atoms with van der Waals surface area (Å²) in [5, 5.41) is 11.0. The minimum Gasteiger partial charge on any atom is -0.482 e. The van der Waals surface area contributed by atoms with Gasteiger partial charge in [-0.3, -0.25) is 9.59 Å². The minimum absolute atomic E-state index is 0.0236. The molecule has 2 rings (SSSR count). The van der Waals surface area contributed by atoms with Crippen LogP contribution in [0.5, 0.6) is 5.75 Å². The molecule has 2 N–H and O–H groups in total. The molecule has 126 valence electrons. The Kier molecular flexibility index (Phi) is 5.15. The molecule has 0 bridgehead atoms. The van der Waals surface area contributed by atoms with Crippen molar-refractivity contribution in [1.82, 2.24) is 10.2 Å². The first-order chi connectivity index (χ1) is 11.4. The number of benzene rings is 1. The highest BCUT2D eigenvalue weighted by Gasteiger charge is 2.34. The lowest BCUT2D eigenvalue weighted by Gasteiger charge is -2.07. The first kappa shape index (κ1) is 17.0. The highest BCUT2D eigenvalue weighted by Crippen LogP contribution is 2.17. The summed E-state index contributed by atoms with van der Waals surface area (Å²) in [6.45, 7) is -0.933. The van der Waals surface area contributed by atoms with Crippen LogP contribution in [-0.4, -0.2) is 54.1 Å². The zero-order valence-electron chi connectivity index (χ0n) is 12.6. The van der Waals surface area contributed by atoms with Crippen molar-refractivity contribution in [3.63, 3.8) is 0 Å². The Morgan fingerprint density at radius 2 is 1.92 bits per heavy atom. The van der Waals surface area contributed by atoms with Crippen LogP contribution in [0, 0.1) is 0 Å². The molecule has 24 heavy (non-hydrogen) atoms. The van der Waals surface area contributed by atoms with Crippen LogP contribution in [-0.2, 0) is 19.1 Å². The number of urea groups is 1. The summed E-state index contributed by atoms with van der Waals surface area (Å²) >= 11 is 0. The Morgan fingerprint density at radius 1 is 1.25 bits per heavy atom. The third kappa shape index (κ3) is 4.09. The molecule has 9 heteroatoms. The molecule has 1 fully saturated rings. The largest absolute Gasteiger partial charge is 0.482 e. The fourth-order valence-electron chi connectivity index (χ4n) is 1.88. The van der Waals surface area contributed by atoms with Crippen LogP contribution in [0.4, 0.5) is 4.79 Å². The zero-order chi connectivity index (χ0) is 17.7.